The lowest BCUT2D eigenvalue weighted by Gasteiger charge is -2.63. The number of hydrogen-bond donors (Lipinski definition) is 5. The minimum absolute atomic E-state index is 0.0486. The number of halogens is 1. The highest BCUT2D eigenvalue weighted by Gasteiger charge is 2.64. The number of thioether (sulfide) groups is 1. The van der Waals surface area contributed by atoms with Crippen molar-refractivity contribution in [3.05, 3.63) is 58.6 Å². The van der Waals surface area contributed by atoms with Gasteiger partial charge < -0.3 is 20.3 Å². The largest absolute Gasteiger partial charge is 0.489 e. The average molecular weight is 1050 g/mol. The number of amides is 2. The molecule has 7 fully saturated rings. The first kappa shape index (κ1) is 53.9. The molecule has 6 aliphatic heterocycles. The second kappa shape index (κ2) is 22.1. The smallest absolute Gasteiger partial charge is 0.225 e. The number of carbonyl (C=O) groups is 2. The van der Waals surface area contributed by atoms with Gasteiger partial charge in [-0.3, -0.25) is 39.5 Å². The van der Waals surface area contributed by atoms with E-state index in [0.29, 0.717) is 65.0 Å². The van der Waals surface area contributed by atoms with Gasteiger partial charge >= 0.3 is 0 Å². The van der Waals surface area contributed by atoms with E-state index in [0.717, 1.165) is 45.0 Å². The number of aliphatic imine (C=N–C) groups is 1. The van der Waals surface area contributed by atoms with E-state index >= 15 is 0 Å². The van der Waals surface area contributed by atoms with E-state index in [-0.39, 0.29) is 76.7 Å². The van der Waals surface area contributed by atoms with Crippen LogP contribution in [0.25, 0.3) is 0 Å². The standard InChI is InChI=1S/C57H85ClN12O3S/c1-10-60-47(71)27-46-50-65-64-36(4)70(50)52-48(34(2)35(3)74-52)49(62-46)38-16-19-41(20-17-38)68-24-22-37(23-25-68)30-67-32-43(33-67)66(9)55-61-29-40(31-69(55)42-14-12-11-13-15-42)51(72)63-53-56(5,6)54(57(53,7)8)73-44-21-18-39(28-59)45(58)26-44/h16-21,26,34-37,40,42-43,46,48,50,52-55,61,64-65H,10-15,22-25,27,29-33H2,1-9H3,(H,60,71)(H,63,72)/t34?,35?,36?,40?,46-,48?,50?,52?,53?,54?,55?/m0/s1. The Bertz CT molecular complexity index is 2380. The first-order valence-corrected chi connectivity index (χ1v) is 29.5. The lowest BCUT2D eigenvalue weighted by Crippen LogP contribution is -2.76. The number of anilines is 1. The number of ether oxygens (including phenoxy) is 1. The lowest BCUT2D eigenvalue weighted by atomic mass is 9.49. The molecule has 5 N–H and O–H groups in total. The van der Waals surface area contributed by atoms with Crippen LogP contribution in [0.3, 0.4) is 0 Å². The molecule has 2 aromatic rings. The van der Waals surface area contributed by atoms with Gasteiger partial charge in [0, 0.05) is 110 Å². The Morgan fingerprint density at radius 3 is 2.36 bits per heavy atom. The summed E-state index contributed by atoms with van der Waals surface area (Å²) in [4.78, 5) is 45.9. The molecular formula is C57H85ClN12O3S. The normalized spacial score (nSPS) is 33.9. The number of hydrogen-bond acceptors (Lipinski definition) is 14. The summed E-state index contributed by atoms with van der Waals surface area (Å²) in [5.74, 6) is 2.07. The highest BCUT2D eigenvalue weighted by molar-refractivity contribution is 8.00. The zero-order valence-electron chi connectivity index (χ0n) is 45.6. The molecule has 404 valence electrons. The second-order valence-corrected chi connectivity index (χ2v) is 26.4. The van der Waals surface area contributed by atoms with Crippen molar-refractivity contribution < 1.29 is 14.3 Å². The molecule has 74 heavy (non-hydrogen) atoms. The van der Waals surface area contributed by atoms with E-state index in [1.54, 1.807) is 18.2 Å². The zero-order valence-corrected chi connectivity index (χ0v) is 47.2. The predicted molar refractivity (Wildman–Crippen MR) is 297 cm³/mol. The quantitative estimate of drug-likeness (QED) is 0.137. The number of nitriles is 1. The van der Waals surface area contributed by atoms with Gasteiger partial charge in [-0.25, -0.2) is 10.9 Å². The molecule has 2 aliphatic carbocycles. The number of nitrogens with one attached hydrogen (secondary N) is 5. The molecule has 17 heteroatoms. The number of carbonyl (C=O) groups excluding carboxylic acids is 2. The Morgan fingerprint density at radius 2 is 1.69 bits per heavy atom. The highest BCUT2D eigenvalue weighted by atomic mass is 35.5. The van der Waals surface area contributed by atoms with Gasteiger partial charge in [0.2, 0.25) is 11.8 Å². The molecule has 10 rings (SSSR count). The maximum absolute atomic E-state index is 14.3. The summed E-state index contributed by atoms with van der Waals surface area (Å²) in [6, 6.07) is 17.3. The molecule has 8 unspecified atom stereocenters. The molecule has 9 atom stereocenters. The topological polar surface area (TPSA) is 156 Å². The van der Waals surface area contributed by atoms with Gasteiger partial charge in [0.25, 0.3) is 0 Å². The number of rotatable bonds is 14. The Kier molecular flexibility index (Phi) is 16.1. The molecule has 6 heterocycles. The van der Waals surface area contributed by atoms with Crippen molar-refractivity contribution in [1.82, 2.24) is 46.4 Å². The van der Waals surface area contributed by atoms with Crippen molar-refractivity contribution >= 4 is 46.6 Å². The van der Waals surface area contributed by atoms with Crippen LogP contribution in [0.15, 0.2) is 47.5 Å². The van der Waals surface area contributed by atoms with E-state index in [1.165, 1.54) is 56.2 Å². The summed E-state index contributed by atoms with van der Waals surface area (Å²) < 4.78 is 6.53. The third-order valence-electron chi connectivity index (χ3n) is 18.9. The van der Waals surface area contributed by atoms with Crippen LogP contribution in [-0.2, 0) is 9.59 Å². The summed E-state index contributed by atoms with van der Waals surface area (Å²) in [7, 11) is 2.30. The van der Waals surface area contributed by atoms with Crippen molar-refractivity contribution in [2.45, 2.75) is 166 Å². The van der Waals surface area contributed by atoms with Crippen LogP contribution in [0.4, 0.5) is 5.69 Å². The van der Waals surface area contributed by atoms with Crippen LogP contribution in [0.1, 0.15) is 118 Å². The maximum atomic E-state index is 14.3. The number of likely N-dealkylation sites (N-methyl/N-ethyl adjacent to an activating group) is 1. The number of likely N-dealkylation sites (tertiary alicyclic amines) is 1. The van der Waals surface area contributed by atoms with E-state index in [4.69, 9.17) is 21.3 Å². The van der Waals surface area contributed by atoms with E-state index in [2.05, 4.69) is 149 Å². The van der Waals surface area contributed by atoms with Gasteiger partial charge in [-0.05, 0) is 88.2 Å². The number of fused-ring (bicyclic) bond motifs is 3. The Morgan fingerprint density at radius 1 is 0.973 bits per heavy atom. The molecule has 0 bridgehead atoms. The minimum Gasteiger partial charge on any atom is -0.489 e. The molecule has 0 aromatic heterocycles. The van der Waals surface area contributed by atoms with Crippen molar-refractivity contribution in [3.8, 4) is 11.8 Å². The molecule has 2 amide bonds. The molecule has 15 nitrogen and oxygen atoms in total. The molecule has 0 spiro atoms. The number of benzene rings is 2. The van der Waals surface area contributed by atoms with E-state index < -0.39 is 0 Å². The third-order valence-corrected chi connectivity index (χ3v) is 20.9. The third kappa shape index (κ3) is 10.5. The molecule has 0 radical (unpaired) electrons. The maximum Gasteiger partial charge on any atom is 0.225 e. The monoisotopic (exact) mass is 1050 g/mol. The Balaban J connectivity index is 0.718. The lowest BCUT2D eigenvalue weighted by molar-refractivity contribution is -0.176. The molecule has 8 aliphatic rings. The predicted octanol–water partition coefficient (Wildman–Crippen LogP) is 6.67. The van der Waals surface area contributed by atoms with Crippen molar-refractivity contribution in [1.29, 1.82) is 5.26 Å². The second-order valence-electron chi connectivity index (χ2n) is 24.5. The van der Waals surface area contributed by atoms with Crippen molar-refractivity contribution in [2.75, 3.05) is 64.3 Å². The van der Waals surface area contributed by atoms with Gasteiger partial charge in [-0.15, -0.1) is 11.8 Å². The van der Waals surface area contributed by atoms with Gasteiger partial charge in [-0.1, -0.05) is 84.5 Å². The zero-order chi connectivity index (χ0) is 52.2. The van der Waals surface area contributed by atoms with Crippen molar-refractivity contribution in [2.24, 2.45) is 39.5 Å². The van der Waals surface area contributed by atoms with Gasteiger partial charge in [0.05, 0.1) is 46.7 Å². The number of piperidine rings is 1. The minimum atomic E-state index is -0.315. The summed E-state index contributed by atoms with van der Waals surface area (Å²) >= 11 is 8.42. The summed E-state index contributed by atoms with van der Waals surface area (Å²) in [5.41, 5.74) is 10.4. The first-order valence-electron chi connectivity index (χ1n) is 28.2. The fourth-order valence-electron chi connectivity index (χ4n) is 14.8. The van der Waals surface area contributed by atoms with Crippen LogP contribution in [-0.4, -0.2) is 156 Å². The summed E-state index contributed by atoms with van der Waals surface area (Å²) in [6.07, 6.45) is 8.96. The molecule has 2 aromatic carbocycles. The van der Waals surface area contributed by atoms with E-state index in [1.807, 2.05) is 6.92 Å². The average Bonchev–Trinajstić information content (AvgIpc) is 3.87. The van der Waals surface area contributed by atoms with Crippen LogP contribution in [0, 0.1) is 45.8 Å². The van der Waals surface area contributed by atoms with E-state index in [9.17, 15) is 14.9 Å². The van der Waals surface area contributed by atoms with Gasteiger partial charge in [0.1, 0.15) is 24.2 Å². The Labute approximate surface area is 451 Å². The van der Waals surface area contributed by atoms with Crippen LogP contribution < -0.4 is 36.4 Å². The molecular weight excluding hydrogens is 968 g/mol. The number of nitrogens with zero attached hydrogens (tertiary/aromatic N) is 7. The molecule has 5 saturated heterocycles. The SMILES string of the molecule is CCNC(=O)C[C@@H]1N=C(c2ccc(N3CCC(CN4CC(N(C)C5NCC(C(=O)NC6C(C)(C)C(Oc7ccc(C#N)c(Cl)c7)C6(C)C)CN5C5CCCCC5)C4)CC3)cc2)C2C(C)C(C)SC2N2C(C)NNC12. The van der Waals surface area contributed by atoms with Crippen molar-refractivity contribution in [3.63, 3.8) is 0 Å². The van der Waals surface area contributed by atoms with Crippen LogP contribution in [0.5, 0.6) is 5.75 Å². The first-order chi connectivity index (χ1) is 35.5. The summed E-state index contributed by atoms with van der Waals surface area (Å²) in [6.45, 7) is 25.1. The molecule has 2 saturated carbocycles. The van der Waals surface area contributed by atoms with Gasteiger partial charge in [0.15, 0.2) is 0 Å². The fourth-order valence-corrected chi connectivity index (χ4v) is 16.9. The summed E-state index contributed by atoms with van der Waals surface area (Å²) in [5, 5.41) is 21.0. The fraction of sp³-hybridized carbons (Fsp3) is 0.719. The van der Waals surface area contributed by atoms with Crippen LogP contribution in [0.2, 0.25) is 5.02 Å². The Hall–Kier alpha value is -3.50. The van der Waals surface area contributed by atoms with Crippen LogP contribution >= 0.6 is 23.4 Å². The highest BCUT2D eigenvalue weighted by Crippen LogP contribution is 2.56. The van der Waals surface area contributed by atoms with Gasteiger partial charge in [-0.2, -0.15) is 5.26 Å². The number of hydrazine groups is 1.